The Morgan fingerprint density at radius 3 is 2.46 bits per heavy atom. The molecule has 7 unspecified atom stereocenters. The number of hydrogen-bond donors (Lipinski definition) is 5. The zero-order valence-electron chi connectivity index (χ0n) is 21.3. The SMILES string of the molecule is CCCCCc1cc(OC2OC(C(=O)O)C(O)C(O)C2O)c2c(c1)OC(C)(C)C1CCC(C(=O)O)=CC21. The number of carbonyl (C=O) groups is 2. The van der Waals surface area contributed by atoms with Gasteiger partial charge in [-0.05, 0) is 57.2 Å². The van der Waals surface area contributed by atoms with Gasteiger partial charge in [-0.15, -0.1) is 0 Å². The molecule has 3 aliphatic rings. The van der Waals surface area contributed by atoms with Crippen LogP contribution in [0.1, 0.15) is 69.9 Å². The lowest BCUT2D eigenvalue weighted by Crippen LogP contribution is -2.61. The van der Waals surface area contributed by atoms with Crippen LogP contribution in [0.25, 0.3) is 0 Å². The minimum atomic E-state index is -1.84. The summed E-state index contributed by atoms with van der Waals surface area (Å²) in [5.41, 5.74) is 1.19. The second-order valence-electron chi connectivity index (χ2n) is 10.7. The summed E-state index contributed by atoms with van der Waals surface area (Å²) in [7, 11) is 0. The van der Waals surface area contributed by atoms with E-state index in [0.29, 0.717) is 29.7 Å². The Kier molecular flexibility index (Phi) is 7.85. The lowest BCUT2D eigenvalue weighted by atomic mass is 9.67. The smallest absolute Gasteiger partial charge is 0.335 e. The largest absolute Gasteiger partial charge is 0.487 e. The van der Waals surface area contributed by atoms with Gasteiger partial charge in [0.2, 0.25) is 6.29 Å². The average molecular weight is 521 g/mol. The van der Waals surface area contributed by atoms with Crippen molar-refractivity contribution in [3.8, 4) is 11.5 Å². The van der Waals surface area contributed by atoms with Gasteiger partial charge in [-0.3, -0.25) is 0 Å². The van der Waals surface area contributed by atoms with Gasteiger partial charge in [0.1, 0.15) is 35.4 Å². The number of carboxylic acids is 2. The summed E-state index contributed by atoms with van der Waals surface area (Å²) >= 11 is 0. The van der Waals surface area contributed by atoms with Crippen LogP contribution < -0.4 is 9.47 Å². The molecule has 5 N–H and O–H groups in total. The molecule has 0 radical (unpaired) electrons. The molecule has 1 aromatic rings. The van der Waals surface area contributed by atoms with Gasteiger partial charge in [0.05, 0.1) is 0 Å². The van der Waals surface area contributed by atoms with Crippen LogP contribution in [0.3, 0.4) is 0 Å². The highest BCUT2D eigenvalue weighted by Gasteiger charge is 2.50. The van der Waals surface area contributed by atoms with Crippen molar-refractivity contribution < 1.29 is 49.3 Å². The highest BCUT2D eigenvalue weighted by molar-refractivity contribution is 5.87. The van der Waals surface area contributed by atoms with Crippen LogP contribution in [0, 0.1) is 5.92 Å². The number of aryl methyl sites for hydroxylation is 1. The maximum absolute atomic E-state index is 11.8. The zero-order valence-corrected chi connectivity index (χ0v) is 21.3. The minimum absolute atomic E-state index is 0.0623. The van der Waals surface area contributed by atoms with Gasteiger partial charge < -0.3 is 39.7 Å². The first-order valence-electron chi connectivity index (χ1n) is 12.8. The molecule has 2 aliphatic heterocycles. The van der Waals surface area contributed by atoms with Crippen molar-refractivity contribution in [3.63, 3.8) is 0 Å². The number of carboxylic acid groups (broad SMARTS) is 2. The van der Waals surface area contributed by atoms with E-state index in [4.69, 9.17) is 14.2 Å². The number of rotatable bonds is 8. The predicted octanol–water partition coefficient (Wildman–Crippen LogP) is 2.37. The Hall–Kier alpha value is -2.66. The fraction of sp³-hybridized carbons (Fsp3) is 0.630. The molecular formula is C27H36O10. The van der Waals surface area contributed by atoms with Gasteiger partial charge in [0.15, 0.2) is 6.10 Å². The van der Waals surface area contributed by atoms with Gasteiger partial charge in [-0.25, -0.2) is 9.59 Å². The highest BCUT2D eigenvalue weighted by atomic mass is 16.7. The molecule has 0 aromatic heterocycles. The lowest BCUT2D eigenvalue weighted by molar-refractivity contribution is -0.271. The van der Waals surface area contributed by atoms with Crippen LogP contribution in [-0.4, -0.2) is 73.8 Å². The number of hydrogen-bond acceptors (Lipinski definition) is 8. The molecule has 0 amide bonds. The third-order valence-electron chi connectivity index (χ3n) is 7.70. The topological polar surface area (TPSA) is 163 Å². The third kappa shape index (κ3) is 5.34. The molecule has 7 atom stereocenters. The number of allylic oxidation sites excluding steroid dienone is 1. The van der Waals surface area contributed by atoms with Gasteiger partial charge in [-0.2, -0.15) is 0 Å². The van der Waals surface area contributed by atoms with E-state index in [2.05, 4.69) is 6.92 Å². The van der Waals surface area contributed by atoms with Crippen molar-refractivity contribution in [1.29, 1.82) is 0 Å². The van der Waals surface area contributed by atoms with E-state index in [-0.39, 0.29) is 17.6 Å². The average Bonchev–Trinajstić information content (AvgIpc) is 2.83. The molecular weight excluding hydrogens is 484 g/mol. The van der Waals surface area contributed by atoms with E-state index < -0.39 is 48.2 Å². The maximum Gasteiger partial charge on any atom is 0.335 e. The first-order valence-corrected chi connectivity index (χ1v) is 12.8. The minimum Gasteiger partial charge on any atom is -0.487 e. The molecule has 4 rings (SSSR count). The lowest BCUT2D eigenvalue weighted by Gasteiger charge is -2.47. The summed E-state index contributed by atoms with van der Waals surface area (Å²) in [6.07, 6.45) is -2.36. The number of fused-ring (bicyclic) bond motifs is 3. The molecule has 10 nitrogen and oxygen atoms in total. The Morgan fingerprint density at radius 1 is 1.08 bits per heavy atom. The number of benzene rings is 1. The Labute approximate surface area is 215 Å². The molecule has 1 aromatic carbocycles. The number of aliphatic hydroxyl groups excluding tert-OH is 3. The maximum atomic E-state index is 11.8. The number of unbranched alkanes of at least 4 members (excludes halogenated alkanes) is 2. The Balaban J connectivity index is 1.79. The van der Waals surface area contributed by atoms with Crippen LogP contribution >= 0.6 is 0 Å². The molecule has 0 bridgehead atoms. The third-order valence-corrected chi connectivity index (χ3v) is 7.70. The van der Waals surface area contributed by atoms with Crippen LogP contribution in [0.15, 0.2) is 23.8 Å². The molecule has 2 heterocycles. The van der Waals surface area contributed by atoms with E-state index in [1.807, 2.05) is 19.9 Å². The van der Waals surface area contributed by atoms with Crippen molar-refractivity contribution in [2.75, 3.05) is 0 Å². The van der Waals surface area contributed by atoms with E-state index >= 15 is 0 Å². The first kappa shape index (κ1) is 27.4. The van der Waals surface area contributed by atoms with E-state index in [1.165, 1.54) is 0 Å². The van der Waals surface area contributed by atoms with Gasteiger partial charge >= 0.3 is 11.9 Å². The zero-order chi connectivity index (χ0) is 27.1. The number of aliphatic hydroxyl groups is 3. The van der Waals surface area contributed by atoms with Crippen LogP contribution in [0.5, 0.6) is 11.5 Å². The van der Waals surface area contributed by atoms with Crippen molar-refractivity contribution in [2.45, 2.75) is 102 Å². The molecule has 1 saturated heterocycles. The van der Waals surface area contributed by atoms with Crippen molar-refractivity contribution in [1.82, 2.24) is 0 Å². The molecule has 37 heavy (non-hydrogen) atoms. The molecule has 204 valence electrons. The monoisotopic (exact) mass is 520 g/mol. The molecule has 10 heteroatoms. The molecule has 0 spiro atoms. The predicted molar refractivity (Wildman–Crippen MR) is 131 cm³/mol. The first-order chi connectivity index (χ1) is 17.4. The van der Waals surface area contributed by atoms with Gasteiger partial charge in [0.25, 0.3) is 0 Å². The second kappa shape index (κ2) is 10.6. The van der Waals surface area contributed by atoms with Crippen LogP contribution in [0.2, 0.25) is 0 Å². The Bertz CT molecular complexity index is 1060. The molecule has 1 aliphatic carbocycles. The van der Waals surface area contributed by atoms with E-state index in [9.17, 15) is 35.1 Å². The van der Waals surface area contributed by atoms with E-state index in [1.54, 1.807) is 12.1 Å². The standard InChI is InChI=1S/C27H36O10/c1-4-5-6-7-13-10-17(35-26-22(30)20(28)21(29)23(36-26)25(33)34)19-15-12-14(24(31)32)8-9-16(15)27(2,3)37-18(19)11-13/h10-12,15-16,20-23,26,28-30H,4-9H2,1-3H3,(H,31,32)(H,33,34). The normalized spacial score (nSPS) is 32.4. The van der Waals surface area contributed by atoms with Crippen LogP contribution in [0.4, 0.5) is 0 Å². The molecule has 1 fully saturated rings. The fourth-order valence-corrected chi connectivity index (χ4v) is 5.67. The van der Waals surface area contributed by atoms with Crippen molar-refractivity contribution >= 4 is 11.9 Å². The number of ether oxygens (including phenoxy) is 3. The second-order valence-corrected chi connectivity index (χ2v) is 10.7. The van der Waals surface area contributed by atoms with E-state index in [0.717, 1.165) is 31.2 Å². The number of aliphatic carboxylic acids is 2. The summed E-state index contributed by atoms with van der Waals surface area (Å²) in [6.45, 7) is 6.05. The quantitative estimate of drug-likeness (QED) is 0.322. The fourth-order valence-electron chi connectivity index (χ4n) is 5.67. The summed E-state index contributed by atoms with van der Waals surface area (Å²) in [5, 5.41) is 50.0. The highest BCUT2D eigenvalue weighted by Crippen LogP contribution is 2.54. The van der Waals surface area contributed by atoms with Gasteiger partial charge in [-0.1, -0.05) is 25.8 Å². The van der Waals surface area contributed by atoms with Crippen molar-refractivity contribution in [2.24, 2.45) is 5.92 Å². The summed E-state index contributed by atoms with van der Waals surface area (Å²) < 4.78 is 17.9. The molecule has 0 saturated carbocycles. The van der Waals surface area contributed by atoms with Gasteiger partial charge in [0, 0.05) is 23.0 Å². The Morgan fingerprint density at radius 2 is 1.81 bits per heavy atom. The summed E-state index contributed by atoms with van der Waals surface area (Å²) in [4.78, 5) is 23.4. The van der Waals surface area contributed by atoms with Crippen molar-refractivity contribution in [3.05, 3.63) is 34.9 Å². The summed E-state index contributed by atoms with van der Waals surface area (Å²) in [5.74, 6) is -2.14. The van der Waals surface area contributed by atoms with Crippen LogP contribution in [-0.2, 0) is 20.7 Å². The summed E-state index contributed by atoms with van der Waals surface area (Å²) in [6, 6.07) is 3.70.